The first-order valence-corrected chi connectivity index (χ1v) is 4.15. The molecule has 0 saturated carbocycles. The van der Waals surface area contributed by atoms with Gasteiger partial charge in [0.05, 0.1) is 5.56 Å². The second-order valence-corrected chi connectivity index (χ2v) is 2.89. The smallest absolute Gasteiger partial charge is 0.398 e. The average molecular weight is 207 g/mol. The summed E-state index contributed by atoms with van der Waals surface area (Å²) in [5, 5.41) is 0. The Hall–Kier alpha value is -0.840. The zero-order chi connectivity index (χ0) is 10.1. The van der Waals surface area contributed by atoms with Crippen molar-refractivity contribution in [1.82, 2.24) is 0 Å². The van der Waals surface area contributed by atoms with Gasteiger partial charge in [0.1, 0.15) is 0 Å². The Balaban J connectivity index is 3.13. The SMILES string of the molecule is Nc1cc(CS)ccc1C(F)(F)F. The van der Waals surface area contributed by atoms with Gasteiger partial charge in [-0.3, -0.25) is 0 Å². The third-order valence-corrected chi connectivity index (χ3v) is 1.97. The second-order valence-electron chi connectivity index (χ2n) is 2.58. The largest absolute Gasteiger partial charge is 0.418 e. The number of rotatable bonds is 1. The Bertz CT molecular complexity index is 309. The van der Waals surface area contributed by atoms with E-state index >= 15 is 0 Å². The summed E-state index contributed by atoms with van der Waals surface area (Å²) in [5.41, 5.74) is 4.86. The van der Waals surface area contributed by atoms with Crippen molar-refractivity contribution in [2.75, 3.05) is 5.73 Å². The van der Waals surface area contributed by atoms with Gasteiger partial charge in [-0.2, -0.15) is 25.8 Å². The van der Waals surface area contributed by atoms with Gasteiger partial charge in [-0.05, 0) is 17.7 Å². The maximum atomic E-state index is 12.2. The monoisotopic (exact) mass is 207 g/mol. The molecule has 1 aromatic carbocycles. The van der Waals surface area contributed by atoms with E-state index in [2.05, 4.69) is 12.6 Å². The molecule has 1 rings (SSSR count). The molecule has 0 unspecified atom stereocenters. The van der Waals surface area contributed by atoms with Crippen LogP contribution in [0.15, 0.2) is 18.2 Å². The molecule has 1 aromatic rings. The highest BCUT2D eigenvalue weighted by molar-refractivity contribution is 7.79. The first-order chi connectivity index (χ1) is 5.95. The van der Waals surface area contributed by atoms with Gasteiger partial charge in [-0.1, -0.05) is 6.07 Å². The van der Waals surface area contributed by atoms with E-state index in [4.69, 9.17) is 5.73 Å². The Morgan fingerprint density at radius 1 is 1.31 bits per heavy atom. The minimum Gasteiger partial charge on any atom is -0.398 e. The quantitative estimate of drug-likeness (QED) is 0.537. The van der Waals surface area contributed by atoms with E-state index < -0.39 is 11.7 Å². The van der Waals surface area contributed by atoms with Crippen LogP contribution in [0.4, 0.5) is 18.9 Å². The van der Waals surface area contributed by atoms with Crippen LogP contribution in [0, 0.1) is 0 Å². The van der Waals surface area contributed by atoms with Gasteiger partial charge in [-0.15, -0.1) is 0 Å². The van der Waals surface area contributed by atoms with Crippen LogP contribution in [0.3, 0.4) is 0 Å². The molecule has 72 valence electrons. The predicted molar refractivity (Wildman–Crippen MR) is 48.5 cm³/mol. The fraction of sp³-hybridized carbons (Fsp3) is 0.250. The molecular weight excluding hydrogens is 199 g/mol. The molecule has 0 atom stereocenters. The van der Waals surface area contributed by atoms with Crippen LogP contribution in [0.2, 0.25) is 0 Å². The van der Waals surface area contributed by atoms with Gasteiger partial charge in [-0.25, -0.2) is 0 Å². The highest BCUT2D eigenvalue weighted by Crippen LogP contribution is 2.33. The summed E-state index contributed by atoms with van der Waals surface area (Å²) in [5.74, 6) is 0.377. The molecule has 5 heteroatoms. The first kappa shape index (κ1) is 10.2. The number of halogens is 3. The van der Waals surface area contributed by atoms with Crippen molar-refractivity contribution in [2.24, 2.45) is 0 Å². The van der Waals surface area contributed by atoms with Gasteiger partial charge in [0.15, 0.2) is 0 Å². The van der Waals surface area contributed by atoms with E-state index in [9.17, 15) is 13.2 Å². The number of benzene rings is 1. The Labute approximate surface area is 79.2 Å². The molecule has 0 aliphatic carbocycles. The van der Waals surface area contributed by atoms with Crippen LogP contribution in [0.5, 0.6) is 0 Å². The first-order valence-electron chi connectivity index (χ1n) is 3.51. The molecule has 0 amide bonds. The predicted octanol–water partition coefficient (Wildman–Crippen LogP) is 2.72. The standard InChI is InChI=1S/C8H8F3NS/c9-8(10,11)6-2-1-5(4-13)3-7(6)12/h1-3,13H,4,12H2. The van der Waals surface area contributed by atoms with Crippen molar-refractivity contribution in [3.8, 4) is 0 Å². The van der Waals surface area contributed by atoms with Crippen molar-refractivity contribution in [1.29, 1.82) is 0 Å². The number of alkyl halides is 3. The van der Waals surface area contributed by atoms with Crippen molar-refractivity contribution >= 4 is 18.3 Å². The second kappa shape index (κ2) is 3.49. The maximum Gasteiger partial charge on any atom is 0.418 e. The van der Waals surface area contributed by atoms with Crippen molar-refractivity contribution in [3.63, 3.8) is 0 Å². The molecule has 2 N–H and O–H groups in total. The van der Waals surface area contributed by atoms with E-state index in [1.54, 1.807) is 0 Å². The summed E-state index contributed by atoms with van der Waals surface area (Å²) in [6, 6.07) is 3.63. The Kier molecular flexibility index (Phi) is 2.75. The summed E-state index contributed by atoms with van der Waals surface area (Å²) in [6.07, 6.45) is -4.38. The van der Waals surface area contributed by atoms with E-state index in [0.29, 0.717) is 11.3 Å². The summed E-state index contributed by atoms with van der Waals surface area (Å²) in [6.45, 7) is 0. The van der Waals surface area contributed by atoms with E-state index in [1.807, 2.05) is 0 Å². The zero-order valence-electron chi connectivity index (χ0n) is 6.60. The number of thiol groups is 1. The Morgan fingerprint density at radius 3 is 2.31 bits per heavy atom. The lowest BCUT2D eigenvalue weighted by Gasteiger charge is -2.10. The molecule has 0 aliphatic rings. The van der Waals surface area contributed by atoms with E-state index in [-0.39, 0.29) is 5.69 Å². The summed E-state index contributed by atoms with van der Waals surface area (Å²) in [4.78, 5) is 0. The van der Waals surface area contributed by atoms with Gasteiger partial charge in [0, 0.05) is 11.4 Å². The molecule has 0 heterocycles. The molecular formula is C8H8F3NS. The lowest BCUT2D eigenvalue weighted by atomic mass is 10.1. The van der Waals surface area contributed by atoms with Gasteiger partial charge in [0.2, 0.25) is 0 Å². The third-order valence-electron chi connectivity index (χ3n) is 1.60. The molecule has 0 aromatic heterocycles. The fourth-order valence-corrected chi connectivity index (χ4v) is 1.17. The highest BCUT2D eigenvalue weighted by atomic mass is 32.1. The van der Waals surface area contributed by atoms with Crippen LogP contribution in [0.1, 0.15) is 11.1 Å². The zero-order valence-corrected chi connectivity index (χ0v) is 7.49. The molecule has 0 bridgehead atoms. The molecule has 13 heavy (non-hydrogen) atoms. The average Bonchev–Trinajstić information content (AvgIpc) is 2.01. The van der Waals surface area contributed by atoms with Crippen LogP contribution in [0.25, 0.3) is 0 Å². The van der Waals surface area contributed by atoms with Gasteiger partial charge in [0.25, 0.3) is 0 Å². The minimum absolute atomic E-state index is 0.251. The van der Waals surface area contributed by atoms with E-state index in [0.717, 1.165) is 6.07 Å². The summed E-state index contributed by atoms with van der Waals surface area (Å²) >= 11 is 3.93. The normalized spacial score (nSPS) is 11.7. The Morgan fingerprint density at radius 2 is 1.92 bits per heavy atom. The highest BCUT2D eigenvalue weighted by Gasteiger charge is 2.32. The fourth-order valence-electron chi connectivity index (χ4n) is 0.969. The molecule has 1 nitrogen and oxygen atoms in total. The summed E-state index contributed by atoms with van der Waals surface area (Å²) in [7, 11) is 0. The van der Waals surface area contributed by atoms with Crippen molar-refractivity contribution < 1.29 is 13.2 Å². The number of hydrogen-bond acceptors (Lipinski definition) is 2. The topological polar surface area (TPSA) is 26.0 Å². The minimum atomic E-state index is -4.38. The van der Waals surface area contributed by atoms with Gasteiger partial charge >= 0.3 is 6.18 Å². The number of nitrogen functional groups attached to an aromatic ring is 1. The third kappa shape index (κ3) is 2.30. The summed E-state index contributed by atoms with van der Waals surface area (Å²) < 4.78 is 36.6. The lowest BCUT2D eigenvalue weighted by Crippen LogP contribution is -2.08. The molecule has 0 spiro atoms. The number of hydrogen-bond donors (Lipinski definition) is 2. The molecule has 0 radical (unpaired) electrons. The van der Waals surface area contributed by atoms with Crippen molar-refractivity contribution in [2.45, 2.75) is 11.9 Å². The molecule has 0 saturated heterocycles. The van der Waals surface area contributed by atoms with E-state index in [1.165, 1.54) is 12.1 Å². The van der Waals surface area contributed by atoms with Gasteiger partial charge < -0.3 is 5.73 Å². The van der Waals surface area contributed by atoms with Crippen LogP contribution in [-0.4, -0.2) is 0 Å². The maximum absolute atomic E-state index is 12.2. The van der Waals surface area contributed by atoms with Crippen molar-refractivity contribution in [3.05, 3.63) is 29.3 Å². The van der Waals surface area contributed by atoms with Crippen LogP contribution in [-0.2, 0) is 11.9 Å². The van der Waals surface area contributed by atoms with Crippen LogP contribution >= 0.6 is 12.6 Å². The number of nitrogens with two attached hydrogens (primary N) is 1. The molecule has 0 aliphatic heterocycles. The molecule has 0 fully saturated rings. The number of anilines is 1. The lowest BCUT2D eigenvalue weighted by molar-refractivity contribution is -0.136. The van der Waals surface area contributed by atoms with Crippen LogP contribution < -0.4 is 5.73 Å².